The van der Waals surface area contributed by atoms with Crippen LogP contribution in [0.15, 0.2) is 24.3 Å². The average Bonchev–Trinajstić information content (AvgIpc) is 2.30. The predicted molar refractivity (Wildman–Crippen MR) is 38.2 cm³/mol. The molecule has 0 atom stereocenters. The molecule has 1 heterocycles. The van der Waals surface area contributed by atoms with E-state index in [4.69, 9.17) is 0 Å². The van der Waals surface area contributed by atoms with Gasteiger partial charge in [-0.05, 0) is 12.1 Å². The Kier molecular flexibility index (Phi) is 16.3. The van der Waals surface area contributed by atoms with Crippen molar-refractivity contribution >= 4 is 11.8 Å². The number of carbonyl (C=O) groups excluding carboxylic acids is 2. The molecule has 2 amide bonds. The summed E-state index contributed by atoms with van der Waals surface area (Å²) in [5, 5.41) is 2.20. The Morgan fingerprint density at radius 2 is 1.06 bits per heavy atom. The van der Waals surface area contributed by atoms with E-state index in [0.29, 0.717) is 11.1 Å². The molecule has 0 aromatic heterocycles. The molecule has 1 N–H and O–H groups in total. The topological polar surface area (TPSA) is 46.2 Å². The molecule has 1 aliphatic heterocycles. The van der Waals surface area contributed by atoms with Gasteiger partial charge in [-0.25, -0.2) is 0 Å². The van der Waals surface area contributed by atoms with Crippen molar-refractivity contribution in [3.8, 4) is 0 Å². The number of hydrogen-bond acceptors (Lipinski definition) is 2. The monoisotopic (exact) mass is 471 g/mol. The smallest absolute Gasteiger partial charge is 1.00 e. The second-order valence-electron chi connectivity index (χ2n) is 2.33. The number of imide groups is 1. The Bertz CT molecular complexity index is 329. The van der Waals surface area contributed by atoms with E-state index in [1.807, 2.05) is 0 Å². The van der Waals surface area contributed by atoms with Gasteiger partial charge in [0.15, 0.2) is 0 Å². The van der Waals surface area contributed by atoms with Crippen LogP contribution in [-0.4, -0.2) is 11.8 Å². The van der Waals surface area contributed by atoms with Crippen LogP contribution in [0.3, 0.4) is 0 Å². The fourth-order valence-electron chi connectivity index (χ4n) is 1.12. The van der Waals surface area contributed by atoms with Crippen molar-refractivity contribution in [3.05, 3.63) is 35.4 Å². The number of hydrogen-bond donors (Lipinski definition) is 1. The number of halogens is 4. The SMILES string of the molecule is O=C1NC(=O)c2ccccc21.[Cl-].[Cl-].[Cl-].[Cl-].[W+6]. The molecule has 1 aromatic rings. The molecule has 2 rings (SSSR count). The van der Waals surface area contributed by atoms with Crippen LogP contribution in [0.25, 0.3) is 0 Å². The quantitative estimate of drug-likeness (QED) is 0.381. The third kappa shape index (κ3) is 4.60. The van der Waals surface area contributed by atoms with E-state index >= 15 is 0 Å². The second kappa shape index (κ2) is 10.4. The molecule has 1 aliphatic rings. The van der Waals surface area contributed by atoms with Gasteiger partial charge < -0.3 is 49.6 Å². The van der Waals surface area contributed by atoms with E-state index in [1.165, 1.54) is 0 Å². The van der Waals surface area contributed by atoms with E-state index in [1.54, 1.807) is 24.3 Å². The van der Waals surface area contributed by atoms with Crippen LogP contribution >= 0.6 is 0 Å². The van der Waals surface area contributed by atoms with Gasteiger partial charge in [-0.1, -0.05) is 12.1 Å². The Balaban J connectivity index is -0.000000144. The standard InChI is InChI=1S/C8H5NO2.4ClH.W/c10-7-5-3-1-2-4-6(5)8(11)9-7;;;;;/h1-4H,(H,9,10,11);4*1H;/q;;;;;+6/p-4. The Morgan fingerprint density at radius 1 is 0.750 bits per heavy atom. The largest absolute Gasteiger partial charge is 6.00 e. The Labute approximate surface area is 132 Å². The molecule has 3 nitrogen and oxygen atoms in total. The molecule has 0 saturated heterocycles. The fourth-order valence-corrected chi connectivity index (χ4v) is 1.12. The summed E-state index contributed by atoms with van der Waals surface area (Å²) in [5.41, 5.74) is 0.940. The molecule has 0 aliphatic carbocycles. The summed E-state index contributed by atoms with van der Waals surface area (Å²) < 4.78 is 0. The third-order valence-corrected chi connectivity index (χ3v) is 1.64. The molecule has 0 fully saturated rings. The number of benzene rings is 1. The maximum atomic E-state index is 10.9. The summed E-state index contributed by atoms with van der Waals surface area (Å²) in [6, 6.07) is 6.74. The molecule has 0 unspecified atom stereocenters. The van der Waals surface area contributed by atoms with Gasteiger partial charge in [-0.15, -0.1) is 0 Å². The summed E-state index contributed by atoms with van der Waals surface area (Å²) in [6.45, 7) is 0. The zero-order valence-corrected chi connectivity index (χ0v) is 13.5. The second-order valence-corrected chi connectivity index (χ2v) is 2.33. The number of carbonyl (C=O) groups is 2. The van der Waals surface area contributed by atoms with Crippen molar-refractivity contribution in [3.63, 3.8) is 0 Å². The van der Waals surface area contributed by atoms with Crippen LogP contribution in [0.4, 0.5) is 0 Å². The molecular weight excluding hydrogens is 468 g/mol. The first-order chi connectivity index (χ1) is 5.29. The van der Waals surface area contributed by atoms with Gasteiger partial charge >= 0.3 is 21.1 Å². The molecule has 86 valence electrons. The summed E-state index contributed by atoms with van der Waals surface area (Å²) in [7, 11) is 0. The number of amides is 2. The van der Waals surface area contributed by atoms with Gasteiger partial charge in [0.05, 0.1) is 11.1 Å². The van der Waals surface area contributed by atoms with Crippen LogP contribution in [0, 0.1) is 0 Å². The number of nitrogens with one attached hydrogen (secondary N) is 1. The van der Waals surface area contributed by atoms with Crippen molar-refractivity contribution in [1.82, 2.24) is 5.32 Å². The molecular formula is C8H5Cl4NO2W+2. The first kappa shape index (κ1) is 25.2. The van der Waals surface area contributed by atoms with Crippen molar-refractivity contribution in [2.45, 2.75) is 0 Å². The van der Waals surface area contributed by atoms with Gasteiger partial charge in [0, 0.05) is 0 Å². The maximum Gasteiger partial charge on any atom is 6.00 e. The van der Waals surface area contributed by atoms with Gasteiger partial charge in [0.2, 0.25) is 0 Å². The normalized spacial score (nSPS) is 10.0. The van der Waals surface area contributed by atoms with E-state index in [0.717, 1.165) is 0 Å². The van der Waals surface area contributed by atoms with Crippen molar-refractivity contribution in [1.29, 1.82) is 0 Å². The van der Waals surface area contributed by atoms with Crippen molar-refractivity contribution in [2.75, 3.05) is 0 Å². The molecule has 0 bridgehead atoms. The van der Waals surface area contributed by atoms with E-state index in [9.17, 15) is 9.59 Å². The summed E-state index contributed by atoms with van der Waals surface area (Å²) in [4.78, 5) is 21.9. The summed E-state index contributed by atoms with van der Waals surface area (Å²) in [6.07, 6.45) is 0. The van der Waals surface area contributed by atoms with Gasteiger partial charge in [-0.3, -0.25) is 14.9 Å². The minimum absolute atomic E-state index is 0. The predicted octanol–water partition coefficient (Wildman–Crippen LogP) is -11.4. The van der Waals surface area contributed by atoms with Crippen molar-refractivity contribution in [2.24, 2.45) is 0 Å². The molecule has 8 heteroatoms. The first-order valence-electron chi connectivity index (χ1n) is 3.24. The molecule has 0 saturated carbocycles. The van der Waals surface area contributed by atoms with Crippen molar-refractivity contribution < 1.29 is 80.3 Å². The minimum Gasteiger partial charge on any atom is -1.00 e. The summed E-state index contributed by atoms with van der Waals surface area (Å²) >= 11 is 0. The van der Waals surface area contributed by atoms with Crippen LogP contribution in [0.5, 0.6) is 0 Å². The third-order valence-electron chi connectivity index (χ3n) is 1.64. The van der Waals surface area contributed by atoms with Crippen LogP contribution in [-0.2, 0) is 21.1 Å². The Hall–Kier alpha value is 0.208. The zero-order valence-electron chi connectivity index (χ0n) is 7.55. The maximum absolute atomic E-state index is 10.9. The van der Waals surface area contributed by atoms with E-state index in [-0.39, 0.29) is 82.5 Å². The van der Waals surface area contributed by atoms with Gasteiger partial charge in [-0.2, -0.15) is 0 Å². The minimum atomic E-state index is -0.300. The molecule has 0 spiro atoms. The van der Waals surface area contributed by atoms with Gasteiger partial charge in [0.25, 0.3) is 11.8 Å². The van der Waals surface area contributed by atoms with Crippen LogP contribution < -0.4 is 54.9 Å². The van der Waals surface area contributed by atoms with Gasteiger partial charge in [0.1, 0.15) is 0 Å². The Morgan fingerprint density at radius 3 is 1.38 bits per heavy atom. The molecule has 16 heavy (non-hydrogen) atoms. The number of rotatable bonds is 0. The molecule has 0 radical (unpaired) electrons. The van der Waals surface area contributed by atoms with Crippen LogP contribution in [0.1, 0.15) is 20.7 Å². The zero-order chi connectivity index (χ0) is 7.84. The summed E-state index contributed by atoms with van der Waals surface area (Å²) in [5.74, 6) is -0.601. The number of fused-ring (bicyclic) bond motifs is 1. The fraction of sp³-hybridized carbons (Fsp3) is 0. The average molecular weight is 473 g/mol. The van der Waals surface area contributed by atoms with E-state index in [2.05, 4.69) is 5.32 Å². The van der Waals surface area contributed by atoms with E-state index < -0.39 is 0 Å². The molecule has 1 aromatic carbocycles. The first-order valence-corrected chi connectivity index (χ1v) is 3.24. The van der Waals surface area contributed by atoms with Crippen LogP contribution in [0.2, 0.25) is 0 Å².